The highest BCUT2D eigenvalue weighted by atomic mass is 35.5. The van der Waals surface area contributed by atoms with Crippen LogP contribution in [-0.2, 0) is 0 Å². The van der Waals surface area contributed by atoms with Crippen molar-refractivity contribution >= 4 is 17.5 Å². The van der Waals surface area contributed by atoms with E-state index in [0.717, 1.165) is 6.42 Å². The van der Waals surface area contributed by atoms with Crippen LogP contribution in [-0.4, -0.2) is 17.1 Å². The van der Waals surface area contributed by atoms with Crippen molar-refractivity contribution in [2.24, 2.45) is 5.41 Å². The average molecular weight is 240 g/mol. The molecule has 1 aliphatic rings. The molecule has 2 rings (SSSR count). The van der Waals surface area contributed by atoms with Crippen molar-refractivity contribution in [3.8, 4) is 5.75 Å². The van der Waals surface area contributed by atoms with Gasteiger partial charge in [0.2, 0.25) is 0 Å². The fourth-order valence-electron chi connectivity index (χ4n) is 1.64. The Hall–Kier alpha value is -1.22. The van der Waals surface area contributed by atoms with Crippen molar-refractivity contribution in [1.82, 2.24) is 5.32 Å². The molecule has 1 unspecified atom stereocenters. The number of nitrogens with one attached hydrogen (secondary N) is 1. The van der Waals surface area contributed by atoms with Crippen LogP contribution in [0.4, 0.5) is 0 Å². The summed E-state index contributed by atoms with van der Waals surface area (Å²) >= 11 is 5.78. The molecule has 0 aliphatic heterocycles. The van der Waals surface area contributed by atoms with E-state index in [-0.39, 0.29) is 28.7 Å². The first-order chi connectivity index (χ1) is 7.40. The van der Waals surface area contributed by atoms with E-state index < -0.39 is 0 Å². The van der Waals surface area contributed by atoms with E-state index in [9.17, 15) is 9.90 Å². The largest absolute Gasteiger partial charge is 0.507 e. The maximum atomic E-state index is 11.8. The van der Waals surface area contributed by atoms with Crippen LogP contribution in [0.25, 0.3) is 0 Å². The average Bonchev–Trinajstić information content (AvgIpc) is 2.77. The van der Waals surface area contributed by atoms with Crippen molar-refractivity contribution in [2.45, 2.75) is 26.3 Å². The maximum absolute atomic E-state index is 11.8. The minimum absolute atomic E-state index is 0.0413. The van der Waals surface area contributed by atoms with Gasteiger partial charge in [0.05, 0.1) is 5.56 Å². The van der Waals surface area contributed by atoms with Crippen LogP contribution in [0, 0.1) is 5.41 Å². The Kier molecular flexibility index (Phi) is 2.58. The molecular weight excluding hydrogens is 226 g/mol. The molecule has 1 aromatic rings. The Labute approximate surface area is 99.4 Å². The molecule has 1 amide bonds. The SMILES string of the molecule is CC1(C)CC1NC(=O)c1cc(Cl)ccc1O. The summed E-state index contributed by atoms with van der Waals surface area (Å²) in [4.78, 5) is 11.8. The Balaban J connectivity index is 2.12. The van der Waals surface area contributed by atoms with Crippen LogP contribution in [0.1, 0.15) is 30.6 Å². The van der Waals surface area contributed by atoms with Crippen molar-refractivity contribution < 1.29 is 9.90 Å². The summed E-state index contributed by atoms with van der Waals surface area (Å²) in [7, 11) is 0. The Morgan fingerprint density at radius 1 is 1.56 bits per heavy atom. The monoisotopic (exact) mass is 239 g/mol. The summed E-state index contributed by atoms with van der Waals surface area (Å²) in [6.07, 6.45) is 0.972. The number of rotatable bonds is 2. The summed E-state index contributed by atoms with van der Waals surface area (Å²) in [5.74, 6) is -0.309. The van der Waals surface area contributed by atoms with Crippen molar-refractivity contribution in [2.75, 3.05) is 0 Å². The zero-order valence-corrected chi connectivity index (χ0v) is 10.0. The summed E-state index contributed by atoms with van der Waals surface area (Å²) in [5.41, 5.74) is 0.402. The number of hydrogen-bond acceptors (Lipinski definition) is 2. The van der Waals surface area contributed by atoms with E-state index in [0.29, 0.717) is 5.02 Å². The molecule has 4 heteroatoms. The number of carbonyl (C=O) groups is 1. The molecule has 2 N–H and O–H groups in total. The number of amides is 1. The molecule has 0 saturated heterocycles. The lowest BCUT2D eigenvalue weighted by atomic mass is 10.1. The third-order valence-corrected chi connectivity index (χ3v) is 3.26. The molecule has 1 atom stereocenters. The molecule has 0 aromatic heterocycles. The quantitative estimate of drug-likeness (QED) is 0.834. The number of carbonyl (C=O) groups excluding carboxylic acids is 1. The second-order valence-electron chi connectivity index (χ2n) is 4.88. The molecule has 0 bridgehead atoms. The number of hydrogen-bond donors (Lipinski definition) is 2. The number of halogens is 1. The number of phenols is 1. The van der Waals surface area contributed by atoms with Gasteiger partial charge in [0.15, 0.2) is 0 Å². The van der Waals surface area contributed by atoms with E-state index in [1.54, 1.807) is 6.07 Å². The second kappa shape index (κ2) is 3.67. The molecule has 3 nitrogen and oxygen atoms in total. The molecule has 1 aliphatic carbocycles. The smallest absolute Gasteiger partial charge is 0.255 e. The van der Waals surface area contributed by atoms with Crippen LogP contribution in [0.2, 0.25) is 5.02 Å². The normalized spacial score (nSPS) is 21.6. The van der Waals surface area contributed by atoms with Gasteiger partial charge in [-0.3, -0.25) is 4.79 Å². The fraction of sp³-hybridized carbons (Fsp3) is 0.417. The van der Waals surface area contributed by atoms with Gasteiger partial charge in [0.1, 0.15) is 5.75 Å². The first-order valence-corrected chi connectivity index (χ1v) is 5.57. The van der Waals surface area contributed by atoms with E-state index >= 15 is 0 Å². The minimum atomic E-state index is -0.268. The van der Waals surface area contributed by atoms with Gasteiger partial charge >= 0.3 is 0 Å². The van der Waals surface area contributed by atoms with Crippen LogP contribution in [0.15, 0.2) is 18.2 Å². The predicted octanol–water partition coefficient (Wildman–Crippen LogP) is 2.57. The summed E-state index contributed by atoms with van der Waals surface area (Å²) in [6, 6.07) is 4.64. The Bertz CT molecular complexity index is 443. The van der Waals surface area contributed by atoms with E-state index in [1.165, 1.54) is 12.1 Å². The Morgan fingerprint density at radius 3 is 2.75 bits per heavy atom. The zero-order chi connectivity index (χ0) is 11.9. The predicted molar refractivity (Wildman–Crippen MR) is 62.8 cm³/mol. The highest BCUT2D eigenvalue weighted by Crippen LogP contribution is 2.44. The van der Waals surface area contributed by atoms with Gasteiger partial charge in [0, 0.05) is 11.1 Å². The number of phenolic OH excluding ortho intramolecular Hbond substituents is 1. The highest BCUT2D eigenvalue weighted by molar-refractivity contribution is 6.31. The van der Waals surface area contributed by atoms with Gasteiger partial charge in [-0.2, -0.15) is 0 Å². The summed E-state index contributed by atoms with van der Waals surface area (Å²) in [5, 5.41) is 12.9. The molecule has 86 valence electrons. The van der Waals surface area contributed by atoms with Crippen molar-refractivity contribution in [3.63, 3.8) is 0 Å². The van der Waals surface area contributed by atoms with Gasteiger partial charge in [-0.1, -0.05) is 25.4 Å². The lowest BCUT2D eigenvalue weighted by Crippen LogP contribution is -2.28. The lowest BCUT2D eigenvalue weighted by molar-refractivity contribution is 0.0943. The van der Waals surface area contributed by atoms with E-state index in [4.69, 9.17) is 11.6 Å². The van der Waals surface area contributed by atoms with Crippen LogP contribution < -0.4 is 5.32 Å². The molecule has 1 fully saturated rings. The van der Waals surface area contributed by atoms with Crippen LogP contribution >= 0.6 is 11.6 Å². The minimum Gasteiger partial charge on any atom is -0.507 e. The first kappa shape index (κ1) is 11.3. The topological polar surface area (TPSA) is 49.3 Å². The molecule has 1 saturated carbocycles. The molecular formula is C12H14ClNO2. The number of aromatic hydroxyl groups is 1. The van der Waals surface area contributed by atoms with Crippen LogP contribution in [0.3, 0.4) is 0 Å². The summed E-state index contributed by atoms with van der Waals surface area (Å²) < 4.78 is 0. The molecule has 0 spiro atoms. The van der Waals surface area contributed by atoms with Gasteiger partial charge in [-0.15, -0.1) is 0 Å². The standard InChI is InChI=1S/C12H14ClNO2/c1-12(2)6-10(12)14-11(16)8-5-7(13)3-4-9(8)15/h3-5,10,15H,6H2,1-2H3,(H,14,16). The van der Waals surface area contributed by atoms with Crippen molar-refractivity contribution in [3.05, 3.63) is 28.8 Å². The van der Waals surface area contributed by atoms with Gasteiger partial charge < -0.3 is 10.4 Å². The van der Waals surface area contributed by atoms with Crippen molar-refractivity contribution in [1.29, 1.82) is 0 Å². The first-order valence-electron chi connectivity index (χ1n) is 5.19. The summed E-state index contributed by atoms with van der Waals surface area (Å²) in [6.45, 7) is 4.19. The number of benzene rings is 1. The fourth-order valence-corrected chi connectivity index (χ4v) is 1.81. The lowest BCUT2D eigenvalue weighted by Gasteiger charge is -2.08. The van der Waals surface area contributed by atoms with Gasteiger partial charge in [-0.25, -0.2) is 0 Å². The maximum Gasteiger partial charge on any atom is 0.255 e. The molecule has 16 heavy (non-hydrogen) atoms. The molecule has 0 radical (unpaired) electrons. The molecule has 0 heterocycles. The van der Waals surface area contributed by atoms with E-state index in [2.05, 4.69) is 19.2 Å². The Morgan fingerprint density at radius 2 is 2.19 bits per heavy atom. The second-order valence-corrected chi connectivity index (χ2v) is 5.32. The van der Waals surface area contributed by atoms with Gasteiger partial charge in [0.25, 0.3) is 5.91 Å². The van der Waals surface area contributed by atoms with Gasteiger partial charge in [-0.05, 0) is 30.0 Å². The highest BCUT2D eigenvalue weighted by Gasteiger charge is 2.46. The molecule has 1 aromatic carbocycles. The third-order valence-electron chi connectivity index (χ3n) is 3.02. The zero-order valence-electron chi connectivity index (χ0n) is 9.25. The van der Waals surface area contributed by atoms with E-state index in [1.807, 2.05) is 0 Å². The third kappa shape index (κ3) is 2.14. The van der Waals surface area contributed by atoms with Crippen LogP contribution in [0.5, 0.6) is 5.75 Å².